The fraction of sp³-hybridized carbons (Fsp3) is 0.571. The van der Waals surface area contributed by atoms with Crippen molar-refractivity contribution in [2.45, 2.75) is 57.3 Å². The Labute approximate surface area is 135 Å². The van der Waals surface area contributed by atoms with Crippen LogP contribution in [0.3, 0.4) is 0 Å². The van der Waals surface area contributed by atoms with Gasteiger partial charge in [-0.2, -0.15) is 0 Å². The highest BCUT2D eigenvalue weighted by atomic mass is 14.4. The average molecular weight is 295 g/mol. The highest BCUT2D eigenvalue weighted by Crippen LogP contribution is 2.43. The summed E-state index contributed by atoms with van der Waals surface area (Å²) >= 11 is 0. The van der Waals surface area contributed by atoms with Gasteiger partial charge in [-0.15, -0.1) is 6.58 Å². The van der Waals surface area contributed by atoms with Gasteiger partial charge in [0.2, 0.25) is 0 Å². The van der Waals surface area contributed by atoms with Gasteiger partial charge in [-0.3, -0.25) is 0 Å². The SMILES string of the molecule is C=CC1CCC(C2CCC(c3ccc(C=N)cc3)CC2)CC1. The highest BCUT2D eigenvalue weighted by molar-refractivity contribution is 5.76. The lowest BCUT2D eigenvalue weighted by atomic mass is 9.68. The minimum absolute atomic E-state index is 0.751. The Morgan fingerprint density at radius 2 is 1.36 bits per heavy atom. The second-order valence-corrected chi connectivity index (χ2v) is 7.33. The number of hydrogen-bond acceptors (Lipinski definition) is 1. The van der Waals surface area contributed by atoms with Gasteiger partial charge in [-0.05, 0) is 86.2 Å². The molecule has 0 saturated heterocycles. The zero-order chi connectivity index (χ0) is 15.4. The molecular formula is C21H29N. The monoisotopic (exact) mass is 295 g/mol. The molecule has 1 nitrogen and oxygen atoms in total. The molecule has 1 N–H and O–H groups in total. The molecule has 2 saturated carbocycles. The minimum atomic E-state index is 0.751. The van der Waals surface area contributed by atoms with Crippen molar-refractivity contribution in [3.05, 3.63) is 48.0 Å². The van der Waals surface area contributed by atoms with E-state index in [0.29, 0.717) is 0 Å². The van der Waals surface area contributed by atoms with Crippen molar-refractivity contribution in [2.75, 3.05) is 0 Å². The summed E-state index contributed by atoms with van der Waals surface area (Å²) in [6.07, 6.45) is 14.8. The summed E-state index contributed by atoms with van der Waals surface area (Å²) in [4.78, 5) is 0. The van der Waals surface area contributed by atoms with Crippen LogP contribution in [0.4, 0.5) is 0 Å². The standard InChI is InChI=1S/C21H29N/c1-2-16-3-7-18(8-4-16)20-11-13-21(14-12-20)19-9-5-17(15-22)6-10-19/h2,5-6,9-10,15-16,18,20-22H,1,3-4,7-8,11-14H2. The lowest BCUT2D eigenvalue weighted by molar-refractivity contribution is 0.171. The molecule has 1 aromatic rings. The first kappa shape index (κ1) is 15.5. The van der Waals surface area contributed by atoms with Crippen LogP contribution in [-0.4, -0.2) is 6.21 Å². The molecule has 0 heterocycles. The molecule has 0 atom stereocenters. The van der Waals surface area contributed by atoms with Crippen LogP contribution in [-0.2, 0) is 0 Å². The van der Waals surface area contributed by atoms with Crippen LogP contribution in [0.2, 0.25) is 0 Å². The van der Waals surface area contributed by atoms with E-state index in [1.807, 2.05) is 0 Å². The van der Waals surface area contributed by atoms with E-state index in [2.05, 4.69) is 36.9 Å². The van der Waals surface area contributed by atoms with E-state index in [-0.39, 0.29) is 0 Å². The number of nitrogens with one attached hydrogen (secondary N) is 1. The third-order valence-corrected chi connectivity index (χ3v) is 6.16. The summed E-state index contributed by atoms with van der Waals surface area (Å²) in [5.41, 5.74) is 2.50. The van der Waals surface area contributed by atoms with Gasteiger partial charge in [0.05, 0.1) is 0 Å². The molecule has 1 heteroatoms. The molecule has 0 amide bonds. The Morgan fingerprint density at radius 1 is 0.818 bits per heavy atom. The van der Waals surface area contributed by atoms with Crippen molar-refractivity contribution < 1.29 is 0 Å². The number of allylic oxidation sites excluding steroid dienone is 1. The van der Waals surface area contributed by atoms with Gasteiger partial charge in [0.1, 0.15) is 0 Å². The molecule has 0 aromatic heterocycles. The van der Waals surface area contributed by atoms with Gasteiger partial charge in [-0.1, -0.05) is 30.3 Å². The van der Waals surface area contributed by atoms with E-state index in [0.717, 1.165) is 29.2 Å². The molecule has 0 aliphatic heterocycles. The van der Waals surface area contributed by atoms with E-state index in [9.17, 15) is 0 Å². The van der Waals surface area contributed by atoms with E-state index >= 15 is 0 Å². The second-order valence-electron chi connectivity index (χ2n) is 7.33. The van der Waals surface area contributed by atoms with Gasteiger partial charge < -0.3 is 5.41 Å². The molecule has 3 rings (SSSR count). The fourth-order valence-electron chi connectivity index (χ4n) is 4.64. The molecule has 1 aromatic carbocycles. The van der Waals surface area contributed by atoms with E-state index in [1.54, 1.807) is 0 Å². The van der Waals surface area contributed by atoms with E-state index in [1.165, 1.54) is 63.1 Å². The normalized spacial score (nSPS) is 32.4. The predicted molar refractivity (Wildman–Crippen MR) is 94.7 cm³/mol. The molecule has 0 radical (unpaired) electrons. The average Bonchev–Trinajstić information content (AvgIpc) is 2.62. The van der Waals surface area contributed by atoms with Crippen molar-refractivity contribution in [3.8, 4) is 0 Å². The lowest BCUT2D eigenvalue weighted by Crippen LogP contribution is -2.25. The molecule has 0 spiro atoms. The zero-order valence-corrected chi connectivity index (χ0v) is 13.6. The van der Waals surface area contributed by atoms with E-state index in [4.69, 9.17) is 5.41 Å². The molecule has 118 valence electrons. The maximum atomic E-state index is 7.30. The van der Waals surface area contributed by atoms with Crippen molar-refractivity contribution in [3.63, 3.8) is 0 Å². The number of hydrogen-bond donors (Lipinski definition) is 1. The smallest absolute Gasteiger partial charge is 0.0250 e. The van der Waals surface area contributed by atoms with Crippen LogP contribution in [0.5, 0.6) is 0 Å². The first-order valence-electron chi connectivity index (χ1n) is 9.03. The Hall–Kier alpha value is -1.37. The Bertz CT molecular complexity index is 485. The first-order chi connectivity index (χ1) is 10.8. The van der Waals surface area contributed by atoms with Crippen LogP contribution in [0, 0.1) is 23.2 Å². The molecular weight excluding hydrogens is 266 g/mol. The van der Waals surface area contributed by atoms with Gasteiger partial charge in [0.25, 0.3) is 0 Å². The molecule has 0 unspecified atom stereocenters. The molecule has 0 bridgehead atoms. The Morgan fingerprint density at radius 3 is 1.86 bits per heavy atom. The third-order valence-electron chi connectivity index (χ3n) is 6.16. The van der Waals surface area contributed by atoms with Crippen LogP contribution in [0.15, 0.2) is 36.9 Å². The number of benzene rings is 1. The largest absolute Gasteiger partial charge is 0.308 e. The summed E-state index contributed by atoms with van der Waals surface area (Å²) in [5, 5.41) is 7.30. The third kappa shape index (κ3) is 3.51. The molecule has 2 aliphatic carbocycles. The van der Waals surface area contributed by atoms with Crippen molar-refractivity contribution >= 4 is 6.21 Å². The van der Waals surface area contributed by atoms with Crippen LogP contribution < -0.4 is 0 Å². The molecule has 2 fully saturated rings. The molecule has 2 aliphatic rings. The van der Waals surface area contributed by atoms with Crippen LogP contribution in [0.1, 0.15) is 68.4 Å². The fourth-order valence-corrected chi connectivity index (χ4v) is 4.64. The van der Waals surface area contributed by atoms with E-state index < -0.39 is 0 Å². The topological polar surface area (TPSA) is 23.9 Å². The van der Waals surface area contributed by atoms with Crippen LogP contribution >= 0.6 is 0 Å². The lowest BCUT2D eigenvalue weighted by Gasteiger charge is -2.37. The Kier molecular flexibility index (Phi) is 5.12. The zero-order valence-electron chi connectivity index (χ0n) is 13.6. The Balaban J connectivity index is 1.51. The quantitative estimate of drug-likeness (QED) is 0.524. The molecule has 22 heavy (non-hydrogen) atoms. The maximum Gasteiger partial charge on any atom is 0.0250 e. The minimum Gasteiger partial charge on any atom is -0.308 e. The maximum absolute atomic E-state index is 7.30. The van der Waals surface area contributed by atoms with Crippen LogP contribution in [0.25, 0.3) is 0 Å². The van der Waals surface area contributed by atoms with Gasteiger partial charge >= 0.3 is 0 Å². The first-order valence-corrected chi connectivity index (χ1v) is 9.03. The van der Waals surface area contributed by atoms with Crippen molar-refractivity contribution in [1.82, 2.24) is 0 Å². The summed E-state index contributed by atoms with van der Waals surface area (Å²) in [7, 11) is 0. The summed E-state index contributed by atoms with van der Waals surface area (Å²) in [6.45, 7) is 3.96. The summed E-state index contributed by atoms with van der Waals surface area (Å²) < 4.78 is 0. The second kappa shape index (κ2) is 7.26. The summed E-state index contributed by atoms with van der Waals surface area (Å²) in [6, 6.07) is 8.65. The van der Waals surface area contributed by atoms with Gasteiger partial charge in [0.15, 0.2) is 0 Å². The summed E-state index contributed by atoms with van der Waals surface area (Å²) in [5.74, 6) is 3.50. The number of rotatable bonds is 4. The van der Waals surface area contributed by atoms with Crippen molar-refractivity contribution in [2.24, 2.45) is 17.8 Å². The van der Waals surface area contributed by atoms with Gasteiger partial charge in [-0.25, -0.2) is 0 Å². The van der Waals surface area contributed by atoms with Gasteiger partial charge in [0, 0.05) is 6.21 Å². The highest BCUT2D eigenvalue weighted by Gasteiger charge is 2.30. The predicted octanol–water partition coefficient (Wildman–Crippen LogP) is 5.95. The van der Waals surface area contributed by atoms with Crippen molar-refractivity contribution in [1.29, 1.82) is 5.41 Å².